The minimum Gasteiger partial charge on any atom is -0.433 e. The standard InChI is InChI=1S/C18H16FN3O2/c1-12-4-9-15(10-20)21-18(12)24-16(11-22(2)3)17(23)13-5-7-14(19)8-6-13/h4-9,11H,1-3H3/b16-11+. The molecule has 0 amide bonds. The van der Waals surface area contributed by atoms with Gasteiger partial charge in [0.25, 0.3) is 0 Å². The second-order valence-corrected chi connectivity index (χ2v) is 5.33. The van der Waals surface area contributed by atoms with Crippen LogP contribution in [0.4, 0.5) is 4.39 Å². The zero-order valence-electron chi connectivity index (χ0n) is 13.6. The molecule has 6 heteroatoms. The molecule has 24 heavy (non-hydrogen) atoms. The first kappa shape index (κ1) is 17.2. The molecule has 0 unspecified atom stereocenters. The summed E-state index contributed by atoms with van der Waals surface area (Å²) < 4.78 is 18.7. The minimum atomic E-state index is -0.426. The van der Waals surface area contributed by atoms with Crippen LogP contribution in [0, 0.1) is 24.1 Å². The Kier molecular flexibility index (Phi) is 5.27. The van der Waals surface area contributed by atoms with Gasteiger partial charge in [0.15, 0.2) is 5.76 Å². The van der Waals surface area contributed by atoms with Gasteiger partial charge in [-0.25, -0.2) is 9.37 Å². The summed E-state index contributed by atoms with van der Waals surface area (Å²) in [5.74, 6) is -0.632. The van der Waals surface area contributed by atoms with Crippen LogP contribution >= 0.6 is 0 Å². The predicted molar refractivity (Wildman–Crippen MR) is 86.8 cm³/mol. The number of ether oxygens (including phenoxy) is 1. The van der Waals surface area contributed by atoms with E-state index in [1.54, 1.807) is 38.1 Å². The van der Waals surface area contributed by atoms with Gasteiger partial charge in [-0.1, -0.05) is 6.07 Å². The van der Waals surface area contributed by atoms with Gasteiger partial charge in [0.2, 0.25) is 11.7 Å². The number of pyridine rings is 1. The molecule has 0 aliphatic rings. The second-order valence-electron chi connectivity index (χ2n) is 5.33. The van der Waals surface area contributed by atoms with Gasteiger partial charge in [0.05, 0.1) is 0 Å². The summed E-state index contributed by atoms with van der Waals surface area (Å²) >= 11 is 0. The molecule has 1 aromatic carbocycles. The Morgan fingerprint density at radius 3 is 2.50 bits per heavy atom. The average Bonchev–Trinajstić information content (AvgIpc) is 2.55. The lowest BCUT2D eigenvalue weighted by Crippen LogP contribution is -2.15. The van der Waals surface area contributed by atoms with Gasteiger partial charge in [-0.15, -0.1) is 0 Å². The number of nitriles is 1. The zero-order chi connectivity index (χ0) is 17.7. The molecule has 0 fully saturated rings. The van der Waals surface area contributed by atoms with Gasteiger partial charge >= 0.3 is 0 Å². The molecular formula is C18H16FN3O2. The van der Waals surface area contributed by atoms with Crippen LogP contribution < -0.4 is 4.74 Å². The molecule has 5 nitrogen and oxygen atoms in total. The van der Waals surface area contributed by atoms with Gasteiger partial charge in [0, 0.05) is 31.4 Å². The van der Waals surface area contributed by atoms with E-state index in [1.807, 2.05) is 6.07 Å². The van der Waals surface area contributed by atoms with Crippen LogP contribution in [0.1, 0.15) is 21.6 Å². The lowest BCUT2D eigenvalue weighted by Gasteiger charge is -2.13. The van der Waals surface area contributed by atoms with Crippen LogP contribution in [0.5, 0.6) is 5.88 Å². The molecule has 0 bridgehead atoms. The van der Waals surface area contributed by atoms with Crippen molar-refractivity contribution in [1.82, 2.24) is 9.88 Å². The Labute approximate surface area is 139 Å². The number of allylic oxidation sites excluding steroid dienone is 1. The first-order valence-corrected chi connectivity index (χ1v) is 7.15. The van der Waals surface area contributed by atoms with Crippen molar-refractivity contribution in [2.24, 2.45) is 0 Å². The van der Waals surface area contributed by atoms with Crippen LogP contribution in [-0.4, -0.2) is 29.8 Å². The van der Waals surface area contributed by atoms with Gasteiger partial charge in [0.1, 0.15) is 17.6 Å². The third-order valence-corrected chi connectivity index (χ3v) is 3.08. The van der Waals surface area contributed by atoms with Crippen molar-refractivity contribution in [2.75, 3.05) is 14.1 Å². The number of benzene rings is 1. The van der Waals surface area contributed by atoms with E-state index < -0.39 is 11.6 Å². The average molecular weight is 325 g/mol. The molecule has 0 saturated heterocycles. The highest BCUT2D eigenvalue weighted by molar-refractivity contribution is 6.07. The van der Waals surface area contributed by atoms with Crippen molar-refractivity contribution in [3.8, 4) is 11.9 Å². The molecule has 122 valence electrons. The van der Waals surface area contributed by atoms with Crippen molar-refractivity contribution < 1.29 is 13.9 Å². The maximum absolute atomic E-state index is 13.0. The number of halogens is 1. The number of hydrogen-bond donors (Lipinski definition) is 0. The van der Waals surface area contributed by atoms with E-state index in [9.17, 15) is 9.18 Å². The quantitative estimate of drug-likeness (QED) is 0.480. The molecule has 2 rings (SSSR count). The van der Waals surface area contributed by atoms with E-state index in [0.717, 1.165) is 0 Å². The van der Waals surface area contributed by atoms with Crippen molar-refractivity contribution in [3.05, 3.63) is 71.0 Å². The van der Waals surface area contributed by atoms with Crippen LogP contribution in [0.2, 0.25) is 0 Å². The lowest BCUT2D eigenvalue weighted by atomic mass is 10.1. The van der Waals surface area contributed by atoms with Gasteiger partial charge in [-0.05, 0) is 37.3 Å². The van der Waals surface area contributed by atoms with Gasteiger partial charge in [-0.3, -0.25) is 4.79 Å². The van der Waals surface area contributed by atoms with Crippen LogP contribution in [0.25, 0.3) is 0 Å². The third-order valence-electron chi connectivity index (χ3n) is 3.08. The first-order chi connectivity index (χ1) is 11.4. The Hall–Kier alpha value is -3.20. The summed E-state index contributed by atoms with van der Waals surface area (Å²) in [5, 5.41) is 8.95. The maximum atomic E-state index is 13.0. The SMILES string of the molecule is Cc1ccc(C#N)nc1O/C(=C/N(C)C)C(=O)c1ccc(F)cc1. The molecule has 0 saturated carbocycles. The summed E-state index contributed by atoms with van der Waals surface area (Å²) in [6, 6.07) is 10.4. The number of carbonyl (C=O) groups excluding carboxylic acids is 1. The third kappa shape index (κ3) is 4.17. The fourth-order valence-electron chi connectivity index (χ4n) is 1.89. The summed E-state index contributed by atoms with van der Waals surface area (Å²) in [6.07, 6.45) is 1.51. The Balaban J connectivity index is 2.38. The van der Waals surface area contributed by atoms with Crippen molar-refractivity contribution >= 4 is 5.78 Å². The topological polar surface area (TPSA) is 66.2 Å². The highest BCUT2D eigenvalue weighted by atomic mass is 19.1. The Morgan fingerprint density at radius 1 is 1.25 bits per heavy atom. The molecule has 1 aromatic heterocycles. The van der Waals surface area contributed by atoms with E-state index in [-0.39, 0.29) is 17.3 Å². The van der Waals surface area contributed by atoms with Crippen molar-refractivity contribution in [3.63, 3.8) is 0 Å². The van der Waals surface area contributed by atoms with E-state index >= 15 is 0 Å². The summed E-state index contributed by atoms with van der Waals surface area (Å²) in [4.78, 5) is 18.4. The van der Waals surface area contributed by atoms with E-state index in [4.69, 9.17) is 10.00 Å². The molecule has 0 atom stereocenters. The molecule has 0 N–H and O–H groups in total. The normalized spacial score (nSPS) is 10.9. The molecule has 0 aliphatic heterocycles. The Bertz CT molecular complexity index is 821. The number of carbonyl (C=O) groups is 1. The molecule has 1 heterocycles. The maximum Gasteiger partial charge on any atom is 0.229 e. The smallest absolute Gasteiger partial charge is 0.229 e. The largest absolute Gasteiger partial charge is 0.433 e. The van der Waals surface area contributed by atoms with Gasteiger partial charge < -0.3 is 9.64 Å². The molecule has 2 aromatic rings. The van der Waals surface area contributed by atoms with E-state index in [1.165, 1.54) is 30.5 Å². The molecule has 0 spiro atoms. The van der Waals surface area contributed by atoms with Crippen LogP contribution in [0.3, 0.4) is 0 Å². The number of rotatable bonds is 5. The van der Waals surface area contributed by atoms with E-state index in [2.05, 4.69) is 4.98 Å². The van der Waals surface area contributed by atoms with Crippen LogP contribution in [0.15, 0.2) is 48.4 Å². The van der Waals surface area contributed by atoms with E-state index in [0.29, 0.717) is 11.1 Å². The van der Waals surface area contributed by atoms with Gasteiger partial charge in [-0.2, -0.15) is 5.26 Å². The number of ketones is 1. The number of aryl methyl sites for hydroxylation is 1. The highest BCUT2D eigenvalue weighted by Crippen LogP contribution is 2.20. The molecule has 0 aliphatic carbocycles. The molecular weight excluding hydrogens is 309 g/mol. The first-order valence-electron chi connectivity index (χ1n) is 7.15. The number of hydrogen-bond acceptors (Lipinski definition) is 5. The lowest BCUT2D eigenvalue weighted by molar-refractivity contribution is 0.0980. The fourth-order valence-corrected chi connectivity index (χ4v) is 1.89. The number of nitrogens with zero attached hydrogens (tertiary/aromatic N) is 3. The summed E-state index contributed by atoms with van der Waals surface area (Å²) in [7, 11) is 3.49. The minimum absolute atomic E-state index is 0.0253. The summed E-state index contributed by atoms with van der Waals surface area (Å²) in [5.41, 5.74) is 1.16. The zero-order valence-corrected chi connectivity index (χ0v) is 13.6. The van der Waals surface area contributed by atoms with Crippen LogP contribution in [-0.2, 0) is 0 Å². The predicted octanol–water partition coefficient (Wildman–Crippen LogP) is 3.07. The molecule has 0 radical (unpaired) electrons. The second kappa shape index (κ2) is 7.38. The fraction of sp³-hybridized carbons (Fsp3) is 0.167. The highest BCUT2D eigenvalue weighted by Gasteiger charge is 2.17. The Morgan fingerprint density at radius 2 is 1.92 bits per heavy atom. The monoisotopic (exact) mass is 325 g/mol. The summed E-state index contributed by atoms with van der Waals surface area (Å²) in [6.45, 7) is 1.76. The van der Waals surface area contributed by atoms with Crippen molar-refractivity contribution in [2.45, 2.75) is 6.92 Å². The van der Waals surface area contributed by atoms with Crippen molar-refractivity contribution in [1.29, 1.82) is 5.26 Å². The number of Topliss-reactive ketones (excluding diaryl/α,β-unsaturated/α-hetero) is 1. The number of aromatic nitrogens is 1.